The molecular formula is C47H83O14P. The van der Waals surface area contributed by atoms with Crippen LogP contribution in [0.15, 0.2) is 48.6 Å². The molecular weight excluding hydrogens is 819 g/mol. The third kappa shape index (κ3) is 29.3. The van der Waals surface area contributed by atoms with Gasteiger partial charge in [0.1, 0.15) is 43.2 Å². The minimum atomic E-state index is -5.17. The average Bonchev–Trinajstić information content (AvgIpc) is 3.25. The molecule has 0 radical (unpaired) electrons. The minimum absolute atomic E-state index is 0.128. The molecule has 14 nitrogen and oxygen atoms in total. The molecule has 1 rings (SSSR count). The van der Waals surface area contributed by atoms with Gasteiger partial charge in [-0.05, 0) is 44.9 Å². The lowest BCUT2D eigenvalue weighted by atomic mass is 9.85. The molecule has 0 amide bonds. The lowest BCUT2D eigenvalue weighted by molar-refractivity contribution is -0.220. The van der Waals surface area contributed by atoms with E-state index in [0.717, 1.165) is 44.9 Å². The van der Waals surface area contributed by atoms with Crippen molar-refractivity contribution >= 4 is 19.8 Å². The molecule has 0 aromatic carbocycles. The Bertz CT molecular complexity index is 1290. The first-order valence-corrected chi connectivity index (χ1v) is 25.0. The van der Waals surface area contributed by atoms with E-state index in [-0.39, 0.29) is 25.7 Å². The second kappa shape index (κ2) is 37.0. The van der Waals surface area contributed by atoms with Crippen molar-refractivity contribution in [3.8, 4) is 0 Å². The summed E-state index contributed by atoms with van der Waals surface area (Å²) in [5, 5.41) is 60.5. The van der Waals surface area contributed by atoms with Crippen molar-refractivity contribution < 1.29 is 68.2 Å². The van der Waals surface area contributed by atoms with E-state index >= 15 is 0 Å². The number of esters is 2. The molecule has 62 heavy (non-hydrogen) atoms. The molecule has 1 saturated carbocycles. The SMILES string of the molecule is CCCCC/C=C\C/C=C\C/C=C\C=C\[C@H](O)CCCC(=O)O[C@H](COC(=O)CCCCCCCCCCCCCCCCC)COP(=O)(O)OC1[C@H](O)[C@H](O)C(O)[C@H](O)[C@H]1O. The molecule has 15 heteroatoms. The molecule has 0 spiro atoms. The maximum Gasteiger partial charge on any atom is 0.472 e. The van der Waals surface area contributed by atoms with Crippen LogP contribution in [0.2, 0.25) is 0 Å². The maximum absolute atomic E-state index is 12.8. The average molecular weight is 903 g/mol. The number of hydrogen-bond donors (Lipinski definition) is 7. The fourth-order valence-electron chi connectivity index (χ4n) is 6.92. The summed E-state index contributed by atoms with van der Waals surface area (Å²) in [5.74, 6) is -1.30. The Kier molecular flexibility index (Phi) is 34.5. The summed E-state index contributed by atoms with van der Waals surface area (Å²) >= 11 is 0. The minimum Gasteiger partial charge on any atom is -0.462 e. The number of aliphatic hydroxyl groups is 6. The van der Waals surface area contributed by atoms with Gasteiger partial charge in [0.2, 0.25) is 0 Å². The normalized spacial score (nSPS) is 22.8. The molecule has 1 aliphatic rings. The highest BCUT2D eigenvalue weighted by atomic mass is 31.2. The first-order valence-electron chi connectivity index (χ1n) is 23.5. The van der Waals surface area contributed by atoms with Crippen molar-refractivity contribution in [1.82, 2.24) is 0 Å². The van der Waals surface area contributed by atoms with Crippen molar-refractivity contribution in [3.63, 3.8) is 0 Å². The van der Waals surface area contributed by atoms with E-state index in [4.69, 9.17) is 18.5 Å². The van der Waals surface area contributed by atoms with Gasteiger partial charge >= 0.3 is 19.8 Å². The number of hydrogen-bond acceptors (Lipinski definition) is 13. The van der Waals surface area contributed by atoms with E-state index in [9.17, 15) is 49.7 Å². The van der Waals surface area contributed by atoms with Gasteiger partial charge in [0.05, 0.1) is 12.7 Å². The molecule has 1 fully saturated rings. The van der Waals surface area contributed by atoms with Crippen molar-refractivity contribution in [2.75, 3.05) is 13.2 Å². The van der Waals surface area contributed by atoms with Gasteiger partial charge in [-0.1, -0.05) is 165 Å². The van der Waals surface area contributed by atoms with Gasteiger partial charge in [0, 0.05) is 12.8 Å². The molecule has 0 heterocycles. The molecule has 0 aromatic rings. The van der Waals surface area contributed by atoms with Crippen LogP contribution in [-0.4, -0.2) is 110 Å². The third-order valence-electron chi connectivity index (χ3n) is 10.8. The molecule has 0 bridgehead atoms. The Labute approximate surface area is 372 Å². The number of allylic oxidation sites excluding steroid dienone is 7. The molecule has 7 N–H and O–H groups in total. The Hall–Kier alpha value is -2.23. The molecule has 1 aliphatic carbocycles. The third-order valence-corrected chi connectivity index (χ3v) is 11.8. The zero-order valence-corrected chi connectivity index (χ0v) is 38.7. The van der Waals surface area contributed by atoms with Gasteiger partial charge < -0.3 is 45.0 Å². The van der Waals surface area contributed by atoms with E-state index < -0.39 is 81.8 Å². The number of ether oxygens (including phenoxy) is 2. The van der Waals surface area contributed by atoms with Crippen LogP contribution in [0.1, 0.15) is 174 Å². The lowest BCUT2D eigenvalue weighted by Crippen LogP contribution is -2.64. The van der Waals surface area contributed by atoms with Crippen molar-refractivity contribution in [2.45, 2.75) is 223 Å². The van der Waals surface area contributed by atoms with Crippen LogP contribution in [0.4, 0.5) is 0 Å². The number of carbonyl (C=O) groups is 2. The molecule has 360 valence electrons. The van der Waals surface area contributed by atoms with Gasteiger partial charge in [-0.15, -0.1) is 0 Å². The highest BCUT2D eigenvalue weighted by Crippen LogP contribution is 2.47. The predicted molar refractivity (Wildman–Crippen MR) is 241 cm³/mol. The van der Waals surface area contributed by atoms with Crippen molar-refractivity contribution in [1.29, 1.82) is 0 Å². The topological polar surface area (TPSA) is 230 Å². The van der Waals surface area contributed by atoms with Gasteiger partial charge in [-0.2, -0.15) is 0 Å². The van der Waals surface area contributed by atoms with Crippen molar-refractivity contribution in [3.05, 3.63) is 48.6 Å². The van der Waals surface area contributed by atoms with E-state index in [1.54, 1.807) is 12.2 Å². The summed E-state index contributed by atoms with van der Waals surface area (Å²) in [4.78, 5) is 35.7. The van der Waals surface area contributed by atoms with Crippen LogP contribution in [0.5, 0.6) is 0 Å². The van der Waals surface area contributed by atoms with Gasteiger partial charge in [-0.25, -0.2) is 4.57 Å². The first kappa shape index (κ1) is 57.8. The fourth-order valence-corrected chi connectivity index (χ4v) is 7.89. The number of rotatable bonds is 38. The lowest BCUT2D eigenvalue weighted by Gasteiger charge is -2.41. The fraction of sp³-hybridized carbons (Fsp3) is 0.787. The van der Waals surface area contributed by atoms with E-state index in [1.165, 1.54) is 83.5 Å². The number of carbonyl (C=O) groups excluding carboxylic acids is 2. The van der Waals surface area contributed by atoms with Gasteiger partial charge in [0.15, 0.2) is 6.10 Å². The van der Waals surface area contributed by atoms with E-state index in [0.29, 0.717) is 6.42 Å². The molecule has 0 aliphatic heterocycles. The van der Waals surface area contributed by atoms with Gasteiger partial charge in [-0.3, -0.25) is 18.6 Å². The Balaban J connectivity index is 2.55. The number of aliphatic hydroxyl groups excluding tert-OH is 6. The summed E-state index contributed by atoms with van der Waals surface area (Å²) in [6.45, 7) is 3.11. The van der Waals surface area contributed by atoms with Gasteiger partial charge in [0.25, 0.3) is 0 Å². The standard InChI is InChI=1S/C47H83O14P/c1-3-5-7-9-11-13-15-17-18-20-22-24-26-28-30-34-40(49)58-36-39(37-59-62(56,57)61-47-45(54)43(52)42(51)44(53)46(47)55)60-41(50)35-31-33-38(48)32-29-27-25-23-21-19-16-14-12-10-8-6-4-2/h12,14,19,21,25,27,29,32,38-39,42-48,51-55H,3-11,13,15-18,20,22-24,26,28,30-31,33-37H2,1-2H3,(H,56,57)/b14-12-,21-19-,27-25-,32-29+/t38-,39+,42?,43-,44+,45+,46+,47?/m0/s1. The van der Waals surface area contributed by atoms with Crippen molar-refractivity contribution in [2.24, 2.45) is 0 Å². The van der Waals surface area contributed by atoms with E-state index in [2.05, 4.69) is 38.2 Å². The Morgan fingerprint density at radius 1 is 0.581 bits per heavy atom. The smallest absolute Gasteiger partial charge is 0.462 e. The highest BCUT2D eigenvalue weighted by molar-refractivity contribution is 7.47. The van der Waals surface area contributed by atoms with Crippen LogP contribution in [0.25, 0.3) is 0 Å². The summed E-state index contributed by atoms with van der Waals surface area (Å²) in [5.41, 5.74) is 0. The van der Waals surface area contributed by atoms with Crippen LogP contribution in [0.3, 0.4) is 0 Å². The zero-order valence-electron chi connectivity index (χ0n) is 37.8. The Morgan fingerprint density at radius 2 is 1.06 bits per heavy atom. The largest absolute Gasteiger partial charge is 0.472 e. The monoisotopic (exact) mass is 903 g/mol. The second-order valence-electron chi connectivity index (χ2n) is 16.5. The molecule has 0 aromatic heterocycles. The number of phosphoric ester groups is 1. The van der Waals surface area contributed by atoms with Crippen LogP contribution in [-0.2, 0) is 32.7 Å². The van der Waals surface area contributed by atoms with Crippen LogP contribution < -0.4 is 0 Å². The quantitative estimate of drug-likeness (QED) is 0.0102. The highest BCUT2D eigenvalue weighted by Gasteiger charge is 2.51. The zero-order chi connectivity index (χ0) is 45.9. The van der Waals surface area contributed by atoms with E-state index in [1.807, 2.05) is 12.2 Å². The summed E-state index contributed by atoms with van der Waals surface area (Å²) in [7, 11) is -5.17. The van der Waals surface area contributed by atoms with Crippen LogP contribution in [0, 0.1) is 0 Å². The summed E-state index contributed by atoms with van der Waals surface area (Å²) in [6, 6.07) is 0. The summed E-state index contributed by atoms with van der Waals surface area (Å²) in [6.07, 6.45) is 26.1. The second-order valence-corrected chi connectivity index (χ2v) is 17.9. The summed E-state index contributed by atoms with van der Waals surface area (Å²) < 4.78 is 33.4. The molecule has 3 unspecified atom stereocenters. The number of phosphoric acid groups is 1. The predicted octanol–water partition coefficient (Wildman–Crippen LogP) is 8.14. The van der Waals surface area contributed by atoms with Crippen LogP contribution >= 0.6 is 7.82 Å². The maximum atomic E-state index is 12.8. The Morgan fingerprint density at radius 3 is 1.65 bits per heavy atom. The number of unbranched alkanes of at least 4 members (excludes halogenated alkanes) is 17. The molecule has 9 atom stereocenters. The molecule has 0 saturated heterocycles. The first-order chi connectivity index (χ1) is 29.8.